The number of aliphatic carboxylic acids is 1. The van der Waals surface area contributed by atoms with Gasteiger partial charge in [0.25, 0.3) is 0 Å². The molecular weight excluding hydrogens is 242 g/mol. The second kappa shape index (κ2) is 5.70. The molecule has 2 heterocycles. The molecule has 1 amide bonds. The summed E-state index contributed by atoms with van der Waals surface area (Å²) >= 11 is 1.74. The number of amides is 1. The molecule has 0 spiro atoms. The fourth-order valence-electron chi connectivity index (χ4n) is 2.09. The minimum Gasteiger partial charge on any atom is -0.480 e. The standard InChI is InChI=1S/C10H17N3O3S/c14-9(15)5-12-1-3-13(4-2-12)10(16)8-6-17-7-11-8/h8,11H,1-7H2,(H,14,15). The number of carbonyl (C=O) groups is 2. The highest BCUT2D eigenvalue weighted by Gasteiger charge is 2.29. The van der Waals surface area contributed by atoms with Crippen LogP contribution in [0.1, 0.15) is 0 Å². The molecule has 0 saturated carbocycles. The number of carbonyl (C=O) groups excluding carboxylic acids is 1. The number of carboxylic acids is 1. The summed E-state index contributed by atoms with van der Waals surface area (Å²) in [5, 5.41) is 11.8. The lowest BCUT2D eigenvalue weighted by Gasteiger charge is -2.35. The third-order valence-electron chi connectivity index (χ3n) is 3.06. The molecule has 2 aliphatic heterocycles. The largest absolute Gasteiger partial charge is 0.480 e. The van der Waals surface area contributed by atoms with Gasteiger partial charge in [-0.3, -0.25) is 19.8 Å². The molecule has 2 rings (SSSR count). The minimum atomic E-state index is -0.807. The molecule has 6 nitrogen and oxygen atoms in total. The van der Waals surface area contributed by atoms with Crippen LogP contribution in [0.4, 0.5) is 0 Å². The summed E-state index contributed by atoms with van der Waals surface area (Å²) in [6.45, 7) is 2.64. The summed E-state index contributed by atoms with van der Waals surface area (Å²) in [6.07, 6.45) is 0. The fourth-order valence-corrected chi connectivity index (χ4v) is 3.02. The first-order chi connectivity index (χ1) is 8.16. The van der Waals surface area contributed by atoms with Gasteiger partial charge in [0.1, 0.15) is 0 Å². The van der Waals surface area contributed by atoms with Crippen LogP contribution in [0.25, 0.3) is 0 Å². The Hall–Kier alpha value is -0.790. The lowest BCUT2D eigenvalue weighted by atomic mass is 10.2. The lowest BCUT2D eigenvalue weighted by molar-refractivity contribution is -0.139. The maximum Gasteiger partial charge on any atom is 0.317 e. The Morgan fingerprint density at radius 1 is 1.29 bits per heavy atom. The topological polar surface area (TPSA) is 72.9 Å². The van der Waals surface area contributed by atoms with Crippen LogP contribution in [0, 0.1) is 0 Å². The predicted molar refractivity (Wildman–Crippen MR) is 64.9 cm³/mol. The number of hydrogen-bond donors (Lipinski definition) is 2. The van der Waals surface area contributed by atoms with Crippen LogP contribution in [-0.2, 0) is 9.59 Å². The molecule has 2 fully saturated rings. The molecule has 17 heavy (non-hydrogen) atoms. The van der Waals surface area contributed by atoms with Gasteiger partial charge in [-0.15, -0.1) is 11.8 Å². The van der Waals surface area contributed by atoms with E-state index in [1.165, 1.54) is 0 Å². The van der Waals surface area contributed by atoms with Crippen molar-refractivity contribution >= 4 is 23.6 Å². The van der Waals surface area contributed by atoms with Crippen molar-refractivity contribution in [3.8, 4) is 0 Å². The summed E-state index contributed by atoms with van der Waals surface area (Å²) < 4.78 is 0. The summed E-state index contributed by atoms with van der Waals surface area (Å²) in [5.41, 5.74) is 0. The average molecular weight is 259 g/mol. The van der Waals surface area contributed by atoms with Crippen molar-refractivity contribution in [2.45, 2.75) is 6.04 Å². The third kappa shape index (κ3) is 3.34. The third-order valence-corrected chi connectivity index (χ3v) is 4.00. The van der Waals surface area contributed by atoms with Gasteiger partial charge in [-0.25, -0.2) is 0 Å². The number of nitrogens with one attached hydrogen (secondary N) is 1. The molecule has 0 aliphatic carbocycles. The minimum absolute atomic E-state index is 0.0500. The van der Waals surface area contributed by atoms with Crippen molar-refractivity contribution in [3.63, 3.8) is 0 Å². The number of rotatable bonds is 3. The molecule has 0 radical (unpaired) electrons. The van der Waals surface area contributed by atoms with Crippen LogP contribution in [-0.4, -0.2) is 77.2 Å². The van der Waals surface area contributed by atoms with E-state index in [1.54, 1.807) is 11.8 Å². The van der Waals surface area contributed by atoms with Crippen molar-refractivity contribution in [2.75, 3.05) is 44.4 Å². The maximum atomic E-state index is 12.0. The summed E-state index contributed by atoms with van der Waals surface area (Å²) in [7, 11) is 0. The first-order valence-corrected chi connectivity index (χ1v) is 6.86. The van der Waals surface area contributed by atoms with Gasteiger partial charge in [0.2, 0.25) is 5.91 Å². The van der Waals surface area contributed by atoms with E-state index in [2.05, 4.69) is 5.32 Å². The molecule has 1 atom stereocenters. The van der Waals surface area contributed by atoms with E-state index in [0.717, 1.165) is 11.6 Å². The second-order valence-electron chi connectivity index (χ2n) is 4.27. The van der Waals surface area contributed by atoms with E-state index in [0.29, 0.717) is 26.2 Å². The molecule has 2 aliphatic rings. The van der Waals surface area contributed by atoms with Crippen LogP contribution in [0.15, 0.2) is 0 Å². The van der Waals surface area contributed by atoms with E-state index in [1.807, 2.05) is 9.80 Å². The van der Waals surface area contributed by atoms with Crippen molar-refractivity contribution in [3.05, 3.63) is 0 Å². The lowest BCUT2D eigenvalue weighted by Crippen LogP contribution is -2.54. The molecule has 2 saturated heterocycles. The molecule has 7 heteroatoms. The van der Waals surface area contributed by atoms with Gasteiger partial charge in [0.05, 0.1) is 12.6 Å². The normalized spacial score (nSPS) is 26.1. The smallest absolute Gasteiger partial charge is 0.317 e. The van der Waals surface area contributed by atoms with E-state index >= 15 is 0 Å². The van der Waals surface area contributed by atoms with Gasteiger partial charge in [-0.1, -0.05) is 0 Å². The van der Waals surface area contributed by atoms with Crippen LogP contribution in [0.2, 0.25) is 0 Å². The molecule has 2 N–H and O–H groups in total. The van der Waals surface area contributed by atoms with Gasteiger partial charge in [-0.05, 0) is 0 Å². The van der Waals surface area contributed by atoms with Gasteiger partial charge >= 0.3 is 5.97 Å². The number of thioether (sulfide) groups is 1. The Labute approximate surface area is 104 Å². The van der Waals surface area contributed by atoms with Crippen LogP contribution < -0.4 is 5.32 Å². The summed E-state index contributed by atoms with van der Waals surface area (Å²) in [5.74, 6) is 1.03. The van der Waals surface area contributed by atoms with Crippen molar-refractivity contribution < 1.29 is 14.7 Å². The van der Waals surface area contributed by atoms with Crippen molar-refractivity contribution in [2.24, 2.45) is 0 Å². The Bertz CT molecular complexity index is 299. The Morgan fingerprint density at radius 2 is 2.00 bits per heavy atom. The molecule has 0 aromatic carbocycles. The predicted octanol–water partition coefficient (Wildman–Crippen LogP) is -1.12. The molecule has 0 aromatic rings. The monoisotopic (exact) mass is 259 g/mol. The molecule has 96 valence electrons. The zero-order chi connectivity index (χ0) is 12.3. The Balaban J connectivity index is 1.78. The Morgan fingerprint density at radius 3 is 2.53 bits per heavy atom. The maximum absolute atomic E-state index is 12.0. The molecular formula is C10H17N3O3S. The zero-order valence-corrected chi connectivity index (χ0v) is 10.4. The van der Waals surface area contributed by atoms with Crippen molar-refractivity contribution in [1.82, 2.24) is 15.1 Å². The van der Waals surface area contributed by atoms with Gasteiger partial charge in [0, 0.05) is 37.8 Å². The van der Waals surface area contributed by atoms with E-state index in [4.69, 9.17) is 5.11 Å². The van der Waals surface area contributed by atoms with E-state index < -0.39 is 5.97 Å². The summed E-state index contributed by atoms with van der Waals surface area (Å²) in [4.78, 5) is 26.3. The fraction of sp³-hybridized carbons (Fsp3) is 0.800. The quantitative estimate of drug-likeness (QED) is 0.669. The highest BCUT2D eigenvalue weighted by Crippen LogP contribution is 2.13. The average Bonchev–Trinajstić information content (AvgIpc) is 2.82. The molecule has 0 bridgehead atoms. The Kier molecular flexibility index (Phi) is 4.25. The first kappa shape index (κ1) is 12.7. The van der Waals surface area contributed by atoms with E-state index in [9.17, 15) is 9.59 Å². The second-order valence-corrected chi connectivity index (χ2v) is 5.30. The zero-order valence-electron chi connectivity index (χ0n) is 9.59. The molecule has 1 unspecified atom stereocenters. The number of hydrogen-bond acceptors (Lipinski definition) is 5. The van der Waals surface area contributed by atoms with Crippen LogP contribution >= 0.6 is 11.8 Å². The first-order valence-electron chi connectivity index (χ1n) is 5.71. The van der Waals surface area contributed by atoms with Crippen LogP contribution in [0.3, 0.4) is 0 Å². The highest BCUT2D eigenvalue weighted by atomic mass is 32.2. The van der Waals surface area contributed by atoms with Crippen molar-refractivity contribution in [1.29, 1.82) is 0 Å². The van der Waals surface area contributed by atoms with Gasteiger partial charge in [0.15, 0.2) is 0 Å². The summed E-state index contributed by atoms with van der Waals surface area (Å²) in [6, 6.07) is -0.0500. The highest BCUT2D eigenvalue weighted by molar-refractivity contribution is 7.99. The molecule has 0 aromatic heterocycles. The van der Waals surface area contributed by atoms with E-state index in [-0.39, 0.29) is 18.5 Å². The number of piperazine rings is 1. The van der Waals surface area contributed by atoms with Crippen LogP contribution in [0.5, 0.6) is 0 Å². The van der Waals surface area contributed by atoms with Gasteiger partial charge in [-0.2, -0.15) is 0 Å². The van der Waals surface area contributed by atoms with Gasteiger partial charge < -0.3 is 10.0 Å². The number of nitrogens with zero attached hydrogens (tertiary/aromatic N) is 2. The number of carboxylic acid groups (broad SMARTS) is 1. The SMILES string of the molecule is O=C(O)CN1CCN(C(=O)C2CSCN2)CC1.